The number of hydrogen-bond donors (Lipinski definition) is 2. The Kier molecular flexibility index (Phi) is 4.37. The van der Waals surface area contributed by atoms with Crippen molar-refractivity contribution in [2.75, 3.05) is 17.7 Å². The van der Waals surface area contributed by atoms with Crippen molar-refractivity contribution >= 4 is 23.2 Å². The van der Waals surface area contributed by atoms with E-state index in [0.29, 0.717) is 5.56 Å². The van der Waals surface area contributed by atoms with Crippen molar-refractivity contribution in [3.05, 3.63) is 47.4 Å². The fourth-order valence-corrected chi connectivity index (χ4v) is 1.87. The first-order chi connectivity index (χ1) is 10.0. The molecular formula is C15H16FN3O2. The third kappa shape index (κ3) is 3.10. The molecule has 1 heterocycles. The van der Waals surface area contributed by atoms with E-state index in [1.54, 1.807) is 26.0 Å². The average Bonchev–Trinajstić information content (AvgIpc) is 2.45. The number of carbonyl (C=O) groups is 1. The summed E-state index contributed by atoms with van der Waals surface area (Å²) in [5.41, 5.74) is 7.22. The summed E-state index contributed by atoms with van der Waals surface area (Å²) < 4.78 is 18.7. The number of aryl methyl sites for hydroxylation is 1. The molecule has 1 aromatic carbocycles. The maximum Gasteiger partial charge on any atom is 0.340 e. The number of nitrogens with two attached hydrogens (primary N) is 1. The SMILES string of the molecule is CCOC(=O)c1ccnc(Nc2c(C)cccc2F)c1N. The predicted octanol–water partition coefficient (Wildman–Crippen LogP) is 3.03. The number of ether oxygens (including phenoxy) is 1. The van der Waals surface area contributed by atoms with Crippen LogP contribution in [0, 0.1) is 12.7 Å². The van der Waals surface area contributed by atoms with Crippen molar-refractivity contribution in [1.29, 1.82) is 0 Å². The van der Waals surface area contributed by atoms with E-state index >= 15 is 0 Å². The highest BCUT2D eigenvalue weighted by Gasteiger charge is 2.16. The molecule has 0 amide bonds. The summed E-state index contributed by atoms with van der Waals surface area (Å²) in [5.74, 6) is -0.739. The van der Waals surface area contributed by atoms with Crippen molar-refractivity contribution in [2.24, 2.45) is 0 Å². The summed E-state index contributed by atoms with van der Waals surface area (Å²) in [6.07, 6.45) is 1.42. The minimum Gasteiger partial charge on any atom is -0.462 e. The molecule has 3 N–H and O–H groups in total. The molecule has 110 valence electrons. The quantitative estimate of drug-likeness (QED) is 0.846. The molecule has 2 aromatic rings. The first-order valence-corrected chi connectivity index (χ1v) is 6.48. The fraction of sp³-hybridized carbons (Fsp3) is 0.200. The van der Waals surface area contributed by atoms with Gasteiger partial charge in [-0.15, -0.1) is 0 Å². The van der Waals surface area contributed by atoms with Gasteiger partial charge in [0.15, 0.2) is 5.82 Å². The summed E-state index contributed by atoms with van der Waals surface area (Å²) in [4.78, 5) is 15.8. The monoisotopic (exact) mass is 289 g/mol. The minimum absolute atomic E-state index is 0.124. The standard InChI is InChI=1S/C15H16FN3O2/c1-3-21-15(20)10-7-8-18-14(12(10)17)19-13-9(2)5-4-6-11(13)16/h4-8H,3,17H2,1-2H3,(H,18,19). The van der Waals surface area contributed by atoms with Crippen LogP contribution in [-0.4, -0.2) is 17.6 Å². The largest absolute Gasteiger partial charge is 0.462 e. The molecule has 0 aliphatic heterocycles. The zero-order valence-electron chi connectivity index (χ0n) is 11.8. The topological polar surface area (TPSA) is 77.2 Å². The molecule has 6 heteroatoms. The van der Waals surface area contributed by atoms with Gasteiger partial charge in [-0.25, -0.2) is 14.2 Å². The lowest BCUT2D eigenvalue weighted by Gasteiger charge is -2.13. The highest BCUT2D eigenvalue weighted by Crippen LogP contribution is 2.27. The number of benzene rings is 1. The van der Waals surface area contributed by atoms with Gasteiger partial charge in [-0.3, -0.25) is 0 Å². The third-order valence-corrected chi connectivity index (χ3v) is 2.95. The Morgan fingerprint density at radius 1 is 1.43 bits per heavy atom. The number of esters is 1. The number of para-hydroxylation sites is 1. The zero-order valence-corrected chi connectivity index (χ0v) is 11.8. The van der Waals surface area contributed by atoms with Crippen molar-refractivity contribution in [2.45, 2.75) is 13.8 Å². The first-order valence-electron chi connectivity index (χ1n) is 6.48. The number of anilines is 3. The molecular weight excluding hydrogens is 273 g/mol. The lowest BCUT2D eigenvalue weighted by Crippen LogP contribution is -2.11. The Labute approximate surface area is 121 Å². The molecule has 0 aliphatic rings. The second kappa shape index (κ2) is 6.21. The number of aromatic nitrogens is 1. The van der Waals surface area contributed by atoms with Crippen molar-refractivity contribution < 1.29 is 13.9 Å². The van der Waals surface area contributed by atoms with Crippen LogP contribution in [0.1, 0.15) is 22.8 Å². The van der Waals surface area contributed by atoms with Gasteiger partial charge in [0.25, 0.3) is 0 Å². The summed E-state index contributed by atoms with van der Waals surface area (Å²) in [6, 6.07) is 6.17. The Morgan fingerprint density at radius 3 is 2.86 bits per heavy atom. The van der Waals surface area contributed by atoms with Crippen LogP contribution in [0.25, 0.3) is 0 Å². The molecule has 0 radical (unpaired) electrons. The number of halogens is 1. The number of rotatable bonds is 4. The number of nitrogens with one attached hydrogen (secondary N) is 1. The van der Waals surface area contributed by atoms with Crippen LogP contribution < -0.4 is 11.1 Å². The lowest BCUT2D eigenvalue weighted by atomic mass is 10.1. The average molecular weight is 289 g/mol. The molecule has 0 bridgehead atoms. The van der Waals surface area contributed by atoms with Gasteiger partial charge in [0.1, 0.15) is 5.82 Å². The Hall–Kier alpha value is -2.63. The number of nitrogens with zero attached hydrogens (tertiary/aromatic N) is 1. The van der Waals surface area contributed by atoms with Gasteiger partial charge in [-0.05, 0) is 31.5 Å². The van der Waals surface area contributed by atoms with E-state index in [4.69, 9.17) is 10.5 Å². The minimum atomic E-state index is -0.536. The smallest absolute Gasteiger partial charge is 0.340 e. The summed E-state index contributed by atoms with van der Waals surface area (Å²) in [6.45, 7) is 3.71. The summed E-state index contributed by atoms with van der Waals surface area (Å²) >= 11 is 0. The Morgan fingerprint density at radius 2 is 2.19 bits per heavy atom. The number of nitrogen functional groups attached to an aromatic ring is 1. The second-order valence-corrected chi connectivity index (χ2v) is 4.40. The summed E-state index contributed by atoms with van der Waals surface area (Å²) in [5, 5.41) is 2.83. The normalized spacial score (nSPS) is 10.2. The predicted molar refractivity (Wildman–Crippen MR) is 79.0 cm³/mol. The number of pyridine rings is 1. The fourth-order valence-electron chi connectivity index (χ4n) is 1.87. The van der Waals surface area contributed by atoms with Crippen LogP contribution in [0.4, 0.5) is 21.6 Å². The molecule has 2 rings (SSSR count). The molecule has 0 fully saturated rings. The van der Waals surface area contributed by atoms with Gasteiger partial charge < -0.3 is 15.8 Å². The Balaban J connectivity index is 2.37. The van der Waals surface area contributed by atoms with Crippen molar-refractivity contribution in [3.63, 3.8) is 0 Å². The molecule has 0 saturated heterocycles. The van der Waals surface area contributed by atoms with Crippen LogP contribution >= 0.6 is 0 Å². The number of hydrogen-bond acceptors (Lipinski definition) is 5. The van der Waals surface area contributed by atoms with E-state index in [0.717, 1.165) is 0 Å². The summed E-state index contributed by atoms with van der Waals surface area (Å²) in [7, 11) is 0. The van der Waals surface area contributed by atoms with Gasteiger partial charge >= 0.3 is 5.97 Å². The van der Waals surface area contributed by atoms with E-state index in [9.17, 15) is 9.18 Å². The maximum atomic E-state index is 13.8. The van der Waals surface area contributed by atoms with Gasteiger partial charge in [0.05, 0.1) is 23.5 Å². The lowest BCUT2D eigenvalue weighted by molar-refractivity contribution is 0.0527. The van der Waals surface area contributed by atoms with Gasteiger partial charge in [-0.2, -0.15) is 0 Å². The van der Waals surface area contributed by atoms with Crippen LogP contribution in [0.3, 0.4) is 0 Å². The zero-order chi connectivity index (χ0) is 15.4. The number of carbonyl (C=O) groups excluding carboxylic acids is 1. The third-order valence-electron chi connectivity index (χ3n) is 2.95. The first kappa shape index (κ1) is 14.8. The molecule has 21 heavy (non-hydrogen) atoms. The molecule has 5 nitrogen and oxygen atoms in total. The van der Waals surface area contributed by atoms with E-state index < -0.39 is 11.8 Å². The van der Waals surface area contributed by atoms with Crippen LogP contribution in [-0.2, 0) is 4.74 Å². The highest BCUT2D eigenvalue weighted by molar-refractivity contribution is 5.98. The Bertz CT molecular complexity index is 654. The molecule has 0 atom stereocenters. The van der Waals surface area contributed by atoms with Gasteiger partial charge in [0, 0.05) is 6.20 Å². The molecule has 0 aliphatic carbocycles. The van der Waals surface area contributed by atoms with Crippen LogP contribution in [0.15, 0.2) is 30.5 Å². The van der Waals surface area contributed by atoms with Crippen molar-refractivity contribution in [1.82, 2.24) is 4.98 Å². The van der Waals surface area contributed by atoms with Gasteiger partial charge in [0.2, 0.25) is 0 Å². The second-order valence-electron chi connectivity index (χ2n) is 4.40. The molecule has 0 spiro atoms. The van der Waals surface area contributed by atoms with E-state index in [-0.39, 0.29) is 29.4 Å². The van der Waals surface area contributed by atoms with Gasteiger partial charge in [-0.1, -0.05) is 12.1 Å². The van der Waals surface area contributed by atoms with E-state index in [2.05, 4.69) is 10.3 Å². The molecule has 1 aromatic heterocycles. The molecule has 0 unspecified atom stereocenters. The highest BCUT2D eigenvalue weighted by atomic mass is 19.1. The van der Waals surface area contributed by atoms with E-state index in [1.807, 2.05) is 0 Å². The van der Waals surface area contributed by atoms with Crippen LogP contribution in [0.5, 0.6) is 0 Å². The molecule has 0 saturated carbocycles. The van der Waals surface area contributed by atoms with Crippen molar-refractivity contribution in [3.8, 4) is 0 Å². The van der Waals surface area contributed by atoms with Crippen LogP contribution in [0.2, 0.25) is 0 Å². The maximum absolute atomic E-state index is 13.8. The van der Waals surface area contributed by atoms with E-state index in [1.165, 1.54) is 18.3 Å².